The van der Waals surface area contributed by atoms with Gasteiger partial charge in [-0.05, 0) is 94.6 Å². The molecule has 0 aromatic heterocycles. The van der Waals surface area contributed by atoms with E-state index < -0.39 is 11.4 Å². The van der Waals surface area contributed by atoms with Crippen molar-refractivity contribution < 1.29 is 24.5 Å². The van der Waals surface area contributed by atoms with Gasteiger partial charge in [0.25, 0.3) is 0 Å². The van der Waals surface area contributed by atoms with Crippen molar-refractivity contribution in [2.75, 3.05) is 6.61 Å². The van der Waals surface area contributed by atoms with Crippen molar-refractivity contribution in [1.82, 2.24) is 0 Å². The molecular formula is C32H52O5. The monoisotopic (exact) mass is 516 g/mol. The fraction of sp³-hybridized carbons (Fsp3) is 0.781. The molecule has 0 amide bonds. The summed E-state index contributed by atoms with van der Waals surface area (Å²) in [6.07, 6.45) is 15.7. The number of unbranched alkanes of at least 4 members (excludes halogenated alkanes) is 2. The van der Waals surface area contributed by atoms with Crippen LogP contribution in [0.1, 0.15) is 141 Å². The van der Waals surface area contributed by atoms with Crippen LogP contribution in [0.25, 0.3) is 0 Å². The van der Waals surface area contributed by atoms with Crippen LogP contribution in [-0.4, -0.2) is 35.0 Å². The van der Waals surface area contributed by atoms with Gasteiger partial charge in [0, 0.05) is 6.61 Å². The van der Waals surface area contributed by atoms with Gasteiger partial charge in [0.1, 0.15) is 0 Å². The molecule has 3 rings (SSSR count). The minimum absolute atomic E-state index is 0.0157. The van der Waals surface area contributed by atoms with Crippen LogP contribution in [0.2, 0.25) is 0 Å². The second-order valence-electron chi connectivity index (χ2n) is 13.0. The lowest BCUT2D eigenvalue weighted by Gasteiger charge is -2.35. The Balaban J connectivity index is 1.52. The largest absolute Gasteiger partial charge is 0.481 e. The molecule has 2 aliphatic rings. The summed E-state index contributed by atoms with van der Waals surface area (Å²) in [7, 11) is 0. The highest BCUT2D eigenvalue weighted by Crippen LogP contribution is 2.41. The molecule has 0 spiro atoms. The Kier molecular flexibility index (Phi) is 11.5. The van der Waals surface area contributed by atoms with Gasteiger partial charge in [-0.1, -0.05) is 63.8 Å². The molecule has 0 aliphatic carbocycles. The van der Waals surface area contributed by atoms with Crippen molar-refractivity contribution in [3.63, 3.8) is 0 Å². The Labute approximate surface area is 225 Å². The van der Waals surface area contributed by atoms with Gasteiger partial charge in [-0.15, -0.1) is 0 Å². The summed E-state index contributed by atoms with van der Waals surface area (Å²) in [5.74, 6) is -0.712. The number of aliphatic hydroxyl groups is 1. The lowest BCUT2D eigenvalue weighted by Crippen LogP contribution is -2.26. The number of rotatable bonds is 14. The van der Waals surface area contributed by atoms with Crippen LogP contribution >= 0.6 is 0 Å². The lowest BCUT2D eigenvalue weighted by atomic mass is 9.86. The molecule has 0 bridgehead atoms. The molecule has 0 radical (unpaired) electrons. The van der Waals surface area contributed by atoms with Gasteiger partial charge in [-0.3, -0.25) is 4.79 Å². The Bertz CT molecular complexity index is 832. The molecule has 2 saturated heterocycles. The van der Waals surface area contributed by atoms with E-state index in [0.717, 1.165) is 70.6 Å². The number of hydrogen-bond donors (Lipinski definition) is 2. The Morgan fingerprint density at radius 2 is 1.30 bits per heavy atom. The molecule has 2 aliphatic heterocycles. The maximum Gasteiger partial charge on any atom is 0.309 e. The third-order valence-electron chi connectivity index (χ3n) is 8.60. The number of hydrogen-bond acceptors (Lipinski definition) is 4. The number of benzene rings is 1. The maximum absolute atomic E-state index is 11.4. The smallest absolute Gasteiger partial charge is 0.309 e. The highest BCUT2D eigenvalue weighted by molar-refractivity contribution is 5.73. The predicted molar refractivity (Wildman–Crippen MR) is 149 cm³/mol. The highest BCUT2D eigenvalue weighted by Gasteiger charge is 2.31. The summed E-state index contributed by atoms with van der Waals surface area (Å²) in [6.45, 7) is 8.15. The van der Waals surface area contributed by atoms with E-state index >= 15 is 0 Å². The quantitative estimate of drug-likeness (QED) is 0.244. The average Bonchev–Trinajstić information content (AvgIpc) is 2.89. The summed E-state index contributed by atoms with van der Waals surface area (Å²) in [6, 6.07) is 8.74. The van der Waals surface area contributed by atoms with Gasteiger partial charge >= 0.3 is 5.97 Å². The second kappa shape index (κ2) is 14.1. The Hall–Kier alpha value is -1.43. The molecule has 210 valence electrons. The normalized spacial score (nSPS) is 25.2. The molecular weight excluding hydrogens is 464 g/mol. The minimum Gasteiger partial charge on any atom is -0.481 e. The van der Waals surface area contributed by atoms with Crippen molar-refractivity contribution in [3.05, 3.63) is 35.4 Å². The van der Waals surface area contributed by atoms with E-state index in [1.807, 2.05) is 13.8 Å². The third kappa shape index (κ3) is 9.37. The van der Waals surface area contributed by atoms with E-state index in [9.17, 15) is 15.0 Å². The first-order valence-electron chi connectivity index (χ1n) is 14.9. The topological polar surface area (TPSA) is 76.0 Å². The van der Waals surface area contributed by atoms with E-state index in [2.05, 4.69) is 38.1 Å². The summed E-state index contributed by atoms with van der Waals surface area (Å²) in [4.78, 5) is 11.4. The number of carboxylic acids is 1. The molecule has 2 fully saturated rings. The van der Waals surface area contributed by atoms with E-state index in [0.29, 0.717) is 12.5 Å². The number of ether oxygens (including phenoxy) is 2. The Morgan fingerprint density at radius 3 is 1.76 bits per heavy atom. The summed E-state index contributed by atoms with van der Waals surface area (Å²) < 4.78 is 13.3. The molecule has 4 unspecified atom stereocenters. The summed E-state index contributed by atoms with van der Waals surface area (Å²) in [5, 5.41) is 18.8. The van der Waals surface area contributed by atoms with Crippen LogP contribution in [-0.2, 0) is 14.3 Å². The van der Waals surface area contributed by atoms with Crippen LogP contribution in [0.4, 0.5) is 0 Å². The van der Waals surface area contributed by atoms with Gasteiger partial charge in [-0.25, -0.2) is 0 Å². The molecule has 1 aromatic rings. The second-order valence-corrected chi connectivity index (χ2v) is 13.0. The SMILES string of the molecule is CC(C)(CO)CCCCC1CCCC(c2ccccc2C2CCCC(CCCCC(C)(C)C(=O)O)O2)O1. The third-order valence-corrected chi connectivity index (χ3v) is 8.60. The van der Waals surface area contributed by atoms with Crippen LogP contribution in [0.3, 0.4) is 0 Å². The van der Waals surface area contributed by atoms with Crippen LogP contribution in [0, 0.1) is 10.8 Å². The van der Waals surface area contributed by atoms with Gasteiger partial charge in [-0.2, -0.15) is 0 Å². The molecule has 2 N–H and O–H groups in total. The van der Waals surface area contributed by atoms with Gasteiger partial charge in [0.15, 0.2) is 0 Å². The fourth-order valence-corrected chi connectivity index (χ4v) is 5.88. The van der Waals surface area contributed by atoms with Crippen molar-refractivity contribution in [3.8, 4) is 0 Å². The number of aliphatic carboxylic acids is 1. The fourth-order valence-electron chi connectivity index (χ4n) is 5.88. The first kappa shape index (κ1) is 30.1. The van der Waals surface area contributed by atoms with Crippen molar-refractivity contribution in [2.24, 2.45) is 10.8 Å². The number of carbonyl (C=O) groups is 1. The maximum atomic E-state index is 11.4. The highest BCUT2D eigenvalue weighted by atomic mass is 16.5. The first-order valence-corrected chi connectivity index (χ1v) is 14.9. The van der Waals surface area contributed by atoms with Gasteiger partial charge in [0.05, 0.1) is 29.8 Å². The molecule has 2 heterocycles. The van der Waals surface area contributed by atoms with E-state index in [4.69, 9.17) is 9.47 Å². The lowest BCUT2D eigenvalue weighted by molar-refractivity contribution is -0.147. The van der Waals surface area contributed by atoms with Crippen molar-refractivity contribution >= 4 is 5.97 Å². The van der Waals surface area contributed by atoms with Crippen molar-refractivity contribution in [1.29, 1.82) is 0 Å². The molecule has 5 heteroatoms. The zero-order valence-electron chi connectivity index (χ0n) is 23.8. The standard InChI is InChI=1S/C32H52O5/c1-31(2,23-33)21-9-7-13-24-15-11-19-28(36-24)26-17-5-6-18-27(26)29-20-12-16-25(37-29)14-8-10-22-32(3,4)30(34)35/h5-6,17-18,24-25,28-29,33H,7-16,19-23H2,1-4H3,(H,34,35). The van der Waals surface area contributed by atoms with Gasteiger partial charge in [0.2, 0.25) is 0 Å². The number of aliphatic hydroxyl groups excluding tert-OH is 1. The van der Waals surface area contributed by atoms with Crippen LogP contribution < -0.4 is 0 Å². The summed E-state index contributed by atoms with van der Waals surface area (Å²) >= 11 is 0. The van der Waals surface area contributed by atoms with Crippen LogP contribution in [0.5, 0.6) is 0 Å². The zero-order chi connectivity index (χ0) is 26.9. The van der Waals surface area contributed by atoms with E-state index in [1.54, 1.807) is 0 Å². The molecule has 5 nitrogen and oxygen atoms in total. The van der Waals surface area contributed by atoms with E-state index in [-0.39, 0.29) is 30.3 Å². The number of carboxylic acid groups (broad SMARTS) is 1. The minimum atomic E-state index is -0.712. The first-order chi connectivity index (χ1) is 17.6. The molecule has 37 heavy (non-hydrogen) atoms. The average molecular weight is 517 g/mol. The van der Waals surface area contributed by atoms with Crippen LogP contribution in [0.15, 0.2) is 24.3 Å². The zero-order valence-corrected chi connectivity index (χ0v) is 23.8. The van der Waals surface area contributed by atoms with Crippen molar-refractivity contribution in [2.45, 2.75) is 142 Å². The van der Waals surface area contributed by atoms with E-state index in [1.165, 1.54) is 24.0 Å². The molecule has 1 aromatic carbocycles. The Morgan fingerprint density at radius 1 is 0.811 bits per heavy atom. The molecule has 4 atom stereocenters. The predicted octanol–water partition coefficient (Wildman–Crippen LogP) is 8.16. The van der Waals surface area contributed by atoms with Gasteiger partial charge < -0.3 is 19.7 Å². The summed E-state index contributed by atoms with van der Waals surface area (Å²) in [5.41, 5.74) is 1.97. The molecule has 0 saturated carbocycles.